The second-order valence-corrected chi connectivity index (χ2v) is 10.6. The lowest BCUT2D eigenvalue weighted by Gasteiger charge is -2.45. The van der Waals surface area contributed by atoms with Crippen LogP contribution in [0.4, 0.5) is 4.39 Å². The quantitative estimate of drug-likeness (QED) is 0.449. The Morgan fingerprint density at radius 2 is 1.33 bits per heavy atom. The molecule has 0 nitrogen and oxygen atoms in total. The van der Waals surface area contributed by atoms with Gasteiger partial charge in [-0.15, -0.1) is 0 Å². The normalized spacial score (nSPS) is 34.9. The summed E-state index contributed by atoms with van der Waals surface area (Å²) in [6, 6.07) is 11.9. The predicted octanol–water partition coefficient (Wildman–Crippen LogP) is 8.66. The third-order valence-corrected chi connectivity index (χ3v) is 8.90. The molecule has 2 aromatic carbocycles. The van der Waals surface area contributed by atoms with Crippen molar-refractivity contribution in [3.05, 3.63) is 59.9 Å². The van der Waals surface area contributed by atoms with Crippen LogP contribution in [0.3, 0.4) is 0 Å². The molecule has 3 aliphatic carbocycles. The monoisotopic (exact) mass is 404 g/mol. The van der Waals surface area contributed by atoms with E-state index >= 15 is 0 Å². The van der Waals surface area contributed by atoms with E-state index in [1.165, 1.54) is 75.2 Å². The predicted molar refractivity (Wildman–Crippen MR) is 125 cm³/mol. The van der Waals surface area contributed by atoms with E-state index in [4.69, 9.17) is 0 Å². The fourth-order valence-corrected chi connectivity index (χ4v) is 7.23. The molecule has 0 N–H and O–H groups in total. The molecule has 5 rings (SSSR count). The van der Waals surface area contributed by atoms with Gasteiger partial charge in [0.25, 0.3) is 0 Å². The van der Waals surface area contributed by atoms with E-state index in [0.29, 0.717) is 5.92 Å². The van der Waals surface area contributed by atoms with Gasteiger partial charge in [-0.05, 0) is 135 Å². The largest absolute Gasteiger partial charge is 0.207 e. The van der Waals surface area contributed by atoms with Gasteiger partial charge in [-0.1, -0.05) is 36.4 Å². The Bertz CT molecular complexity index is 888. The van der Waals surface area contributed by atoms with Gasteiger partial charge in [-0.3, -0.25) is 0 Å². The highest BCUT2D eigenvalue weighted by molar-refractivity contribution is 5.83. The molecule has 2 aromatic rings. The second kappa shape index (κ2) is 8.85. The van der Waals surface area contributed by atoms with E-state index in [1.54, 1.807) is 12.1 Å². The highest BCUT2D eigenvalue weighted by Gasteiger charge is 2.38. The van der Waals surface area contributed by atoms with E-state index in [2.05, 4.69) is 37.3 Å². The second-order valence-electron chi connectivity index (χ2n) is 10.6. The molecular weight excluding hydrogens is 367 g/mol. The Kier molecular flexibility index (Phi) is 5.98. The summed E-state index contributed by atoms with van der Waals surface area (Å²) in [5, 5.41) is 2.21. The van der Waals surface area contributed by atoms with Crippen LogP contribution in [0.2, 0.25) is 0 Å². The topological polar surface area (TPSA) is 0 Å². The minimum absolute atomic E-state index is 0.136. The van der Waals surface area contributed by atoms with Crippen molar-refractivity contribution in [3.63, 3.8) is 0 Å². The number of halogens is 1. The van der Waals surface area contributed by atoms with Crippen LogP contribution < -0.4 is 0 Å². The number of fused-ring (bicyclic) bond motifs is 2. The maximum atomic E-state index is 13.5. The van der Waals surface area contributed by atoms with Crippen molar-refractivity contribution in [2.75, 3.05) is 0 Å². The number of hydrogen-bond acceptors (Lipinski definition) is 0. The van der Waals surface area contributed by atoms with E-state index in [1.807, 2.05) is 6.07 Å². The summed E-state index contributed by atoms with van der Waals surface area (Å²) in [6.45, 7) is 2.17. The minimum atomic E-state index is -0.136. The highest BCUT2D eigenvalue weighted by Crippen LogP contribution is 2.51. The molecule has 3 saturated carbocycles. The fraction of sp³-hybridized carbons (Fsp3) is 0.586. The summed E-state index contributed by atoms with van der Waals surface area (Å²) < 4.78 is 13.5. The molecule has 1 heteroatoms. The van der Waals surface area contributed by atoms with Crippen molar-refractivity contribution < 1.29 is 4.39 Å². The summed E-state index contributed by atoms with van der Waals surface area (Å²) in [6.07, 6.45) is 19.1. The lowest BCUT2D eigenvalue weighted by molar-refractivity contribution is 0.0748. The zero-order valence-corrected chi connectivity index (χ0v) is 18.5. The van der Waals surface area contributed by atoms with Gasteiger partial charge in [-0.25, -0.2) is 4.39 Å². The van der Waals surface area contributed by atoms with Crippen molar-refractivity contribution in [2.45, 2.75) is 77.0 Å². The van der Waals surface area contributed by atoms with Crippen molar-refractivity contribution in [2.24, 2.45) is 29.6 Å². The van der Waals surface area contributed by atoms with Crippen molar-refractivity contribution in [3.8, 4) is 0 Å². The highest BCUT2D eigenvalue weighted by atomic mass is 19.1. The van der Waals surface area contributed by atoms with E-state index in [0.717, 1.165) is 35.0 Å². The molecule has 0 aromatic heterocycles. The summed E-state index contributed by atoms with van der Waals surface area (Å²) in [5.41, 5.74) is 1.48. The summed E-state index contributed by atoms with van der Waals surface area (Å²) in [5.74, 6) is 5.34. The first-order chi connectivity index (χ1) is 14.7. The molecule has 0 amide bonds. The van der Waals surface area contributed by atoms with Gasteiger partial charge in [0, 0.05) is 0 Å². The van der Waals surface area contributed by atoms with Gasteiger partial charge in [-0.2, -0.15) is 0 Å². The van der Waals surface area contributed by atoms with E-state index in [-0.39, 0.29) is 5.82 Å². The third kappa shape index (κ3) is 4.23. The standard InChI is InChI=1S/C29H37F/c1-2-3-20-4-6-21(7-5-20)22-8-9-24-17-25(11-10-23(24)16-22)26-12-13-28-19-29(30)15-14-27(28)18-26/h2-3,12-15,18-25H,4-11,16-17H2,1H3/b3-2+. The van der Waals surface area contributed by atoms with Gasteiger partial charge < -0.3 is 0 Å². The average molecular weight is 405 g/mol. The molecule has 0 radical (unpaired) electrons. The average Bonchev–Trinajstić information content (AvgIpc) is 2.79. The molecule has 4 atom stereocenters. The summed E-state index contributed by atoms with van der Waals surface area (Å²) in [7, 11) is 0. The molecule has 30 heavy (non-hydrogen) atoms. The number of allylic oxidation sites excluding steroid dienone is 2. The maximum Gasteiger partial charge on any atom is 0.123 e. The van der Waals surface area contributed by atoms with Gasteiger partial charge in [0.1, 0.15) is 5.82 Å². The van der Waals surface area contributed by atoms with Crippen molar-refractivity contribution in [1.82, 2.24) is 0 Å². The summed E-state index contributed by atoms with van der Waals surface area (Å²) in [4.78, 5) is 0. The molecule has 0 saturated heterocycles. The molecule has 3 fully saturated rings. The van der Waals surface area contributed by atoms with Crippen LogP contribution in [-0.4, -0.2) is 0 Å². The fourth-order valence-electron chi connectivity index (χ4n) is 7.23. The Morgan fingerprint density at radius 3 is 2.13 bits per heavy atom. The van der Waals surface area contributed by atoms with Crippen molar-refractivity contribution in [1.29, 1.82) is 0 Å². The SMILES string of the molecule is C/C=C/C1CCC(C2CCC3CC(c4ccc5cc(F)ccc5c4)CCC3C2)CC1. The number of benzene rings is 2. The van der Waals surface area contributed by atoms with Gasteiger partial charge in [0.15, 0.2) is 0 Å². The lowest BCUT2D eigenvalue weighted by Crippen LogP contribution is -2.34. The molecule has 0 spiro atoms. The van der Waals surface area contributed by atoms with Crippen LogP contribution >= 0.6 is 0 Å². The van der Waals surface area contributed by atoms with Crippen LogP contribution in [0, 0.1) is 35.4 Å². The Hall–Kier alpha value is -1.63. The molecular formula is C29H37F. The number of hydrogen-bond donors (Lipinski definition) is 0. The van der Waals surface area contributed by atoms with E-state index < -0.39 is 0 Å². The Balaban J connectivity index is 1.20. The Morgan fingerprint density at radius 1 is 0.700 bits per heavy atom. The Labute approximate surface area is 182 Å². The first-order valence-corrected chi connectivity index (χ1v) is 12.5. The molecule has 160 valence electrons. The molecule has 0 bridgehead atoms. The number of rotatable bonds is 3. The summed E-state index contributed by atoms with van der Waals surface area (Å²) >= 11 is 0. The first-order valence-electron chi connectivity index (χ1n) is 12.5. The maximum absolute atomic E-state index is 13.5. The van der Waals surface area contributed by atoms with Crippen LogP contribution in [0.1, 0.15) is 82.6 Å². The van der Waals surface area contributed by atoms with Crippen LogP contribution in [0.25, 0.3) is 10.8 Å². The lowest BCUT2D eigenvalue weighted by atomic mass is 9.60. The van der Waals surface area contributed by atoms with Gasteiger partial charge >= 0.3 is 0 Å². The zero-order valence-electron chi connectivity index (χ0n) is 18.5. The first kappa shape index (κ1) is 20.3. The molecule has 0 heterocycles. The smallest absolute Gasteiger partial charge is 0.123 e. The molecule has 3 aliphatic rings. The van der Waals surface area contributed by atoms with Crippen LogP contribution in [-0.2, 0) is 0 Å². The molecule has 0 aliphatic heterocycles. The van der Waals surface area contributed by atoms with Crippen LogP contribution in [0.15, 0.2) is 48.6 Å². The van der Waals surface area contributed by atoms with E-state index in [9.17, 15) is 4.39 Å². The minimum Gasteiger partial charge on any atom is -0.207 e. The van der Waals surface area contributed by atoms with Gasteiger partial charge in [0.05, 0.1) is 0 Å². The third-order valence-electron chi connectivity index (χ3n) is 8.90. The van der Waals surface area contributed by atoms with Crippen LogP contribution in [0.5, 0.6) is 0 Å². The van der Waals surface area contributed by atoms with Gasteiger partial charge in [0.2, 0.25) is 0 Å². The molecule has 4 unspecified atom stereocenters. The zero-order chi connectivity index (χ0) is 20.5. The van der Waals surface area contributed by atoms with Crippen molar-refractivity contribution >= 4 is 10.8 Å².